The van der Waals surface area contributed by atoms with E-state index in [1.165, 1.54) is 16.7 Å². The van der Waals surface area contributed by atoms with Crippen molar-refractivity contribution in [2.45, 2.75) is 19.5 Å². The van der Waals surface area contributed by atoms with Gasteiger partial charge in [-0.3, -0.25) is 14.2 Å². The molecular formula is C20H20FN3O3. The van der Waals surface area contributed by atoms with Crippen molar-refractivity contribution in [1.29, 1.82) is 0 Å². The highest BCUT2D eigenvalue weighted by Gasteiger charge is 2.18. The Hall–Kier alpha value is -3.06. The predicted molar refractivity (Wildman–Crippen MR) is 100 cm³/mol. The molecule has 0 spiro atoms. The average molecular weight is 369 g/mol. The Balaban J connectivity index is 2.05. The molecule has 140 valence electrons. The molecule has 2 aromatic heterocycles. The van der Waals surface area contributed by atoms with Crippen molar-refractivity contribution >= 4 is 16.9 Å². The van der Waals surface area contributed by atoms with E-state index < -0.39 is 11.5 Å². The number of aromatic nitrogens is 2. The highest BCUT2D eigenvalue weighted by Crippen LogP contribution is 2.13. The van der Waals surface area contributed by atoms with Crippen LogP contribution in [0.1, 0.15) is 22.8 Å². The number of hydrogen-bond donors (Lipinski definition) is 1. The van der Waals surface area contributed by atoms with Gasteiger partial charge in [0.25, 0.3) is 11.5 Å². The lowest BCUT2D eigenvalue weighted by Gasteiger charge is -2.15. The van der Waals surface area contributed by atoms with Crippen molar-refractivity contribution in [3.8, 4) is 0 Å². The van der Waals surface area contributed by atoms with E-state index in [-0.39, 0.29) is 24.0 Å². The topological polar surface area (TPSA) is 73.2 Å². The summed E-state index contributed by atoms with van der Waals surface area (Å²) in [5.41, 5.74) is 0.775. The number of amides is 1. The summed E-state index contributed by atoms with van der Waals surface area (Å²) in [6.45, 7) is 2.31. The fourth-order valence-corrected chi connectivity index (χ4v) is 2.88. The van der Waals surface area contributed by atoms with Crippen LogP contribution in [0.4, 0.5) is 4.39 Å². The lowest BCUT2D eigenvalue weighted by atomic mass is 10.1. The molecule has 0 aliphatic heterocycles. The number of rotatable bonds is 6. The van der Waals surface area contributed by atoms with Crippen molar-refractivity contribution in [3.63, 3.8) is 0 Å². The third-order valence-corrected chi connectivity index (χ3v) is 4.14. The molecule has 0 saturated carbocycles. The van der Waals surface area contributed by atoms with E-state index in [2.05, 4.69) is 10.3 Å². The van der Waals surface area contributed by atoms with Crippen LogP contribution >= 0.6 is 0 Å². The lowest BCUT2D eigenvalue weighted by Crippen LogP contribution is -2.39. The fourth-order valence-electron chi connectivity index (χ4n) is 2.88. The van der Waals surface area contributed by atoms with Gasteiger partial charge >= 0.3 is 0 Å². The maximum absolute atomic E-state index is 13.2. The van der Waals surface area contributed by atoms with Crippen molar-refractivity contribution in [1.82, 2.24) is 14.9 Å². The second-order valence-electron chi connectivity index (χ2n) is 6.32. The van der Waals surface area contributed by atoms with E-state index in [9.17, 15) is 14.0 Å². The van der Waals surface area contributed by atoms with E-state index in [0.29, 0.717) is 17.6 Å². The van der Waals surface area contributed by atoms with Gasteiger partial charge < -0.3 is 10.1 Å². The third kappa shape index (κ3) is 4.20. The van der Waals surface area contributed by atoms with Crippen LogP contribution in [-0.2, 0) is 11.3 Å². The van der Waals surface area contributed by atoms with Gasteiger partial charge in [-0.25, -0.2) is 9.37 Å². The molecule has 3 rings (SSSR count). The fraction of sp³-hybridized carbons (Fsp3) is 0.250. The van der Waals surface area contributed by atoms with Gasteiger partial charge in [0.15, 0.2) is 0 Å². The molecule has 27 heavy (non-hydrogen) atoms. The number of pyridine rings is 2. The number of carbonyl (C=O) groups is 1. The van der Waals surface area contributed by atoms with Crippen molar-refractivity contribution in [3.05, 3.63) is 76.0 Å². The van der Waals surface area contributed by atoms with Gasteiger partial charge in [0.2, 0.25) is 0 Å². The molecule has 1 amide bonds. The zero-order chi connectivity index (χ0) is 19.4. The molecule has 1 N–H and O–H groups in total. The summed E-state index contributed by atoms with van der Waals surface area (Å²) in [7, 11) is 1.54. The number of methoxy groups -OCH3 is 1. The summed E-state index contributed by atoms with van der Waals surface area (Å²) in [4.78, 5) is 29.9. The van der Waals surface area contributed by atoms with Gasteiger partial charge in [-0.05, 0) is 42.8 Å². The maximum Gasteiger partial charge on any atom is 0.265 e. The smallest absolute Gasteiger partial charge is 0.265 e. The number of nitrogens with one attached hydrogen (secondary N) is 1. The number of nitrogens with zero attached hydrogens (tertiary/aromatic N) is 2. The van der Waals surface area contributed by atoms with E-state index in [1.807, 2.05) is 0 Å². The van der Waals surface area contributed by atoms with Crippen LogP contribution < -0.4 is 10.9 Å². The first-order chi connectivity index (χ1) is 13.0. The normalized spacial score (nSPS) is 12.1. The molecule has 6 nitrogen and oxygen atoms in total. The van der Waals surface area contributed by atoms with Crippen LogP contribution in [-0.4, -0.2) is 35.2 Å². The number of carbonyl (C=O) groups excluding carboxylic acids is 1. The second-order valence-corrected chi connectivity index (χ2v) is 6.32. The van der Waals surface area contributed by atoms with Crippen LogP contribution in [0.2, 0.25) is 0 Å². The Labute approximate surface area is 155 Å². The summed E-state index contributed by atoms with van der Waals surface area (Å²) in [6, 6.07) is 10.7. The van der Waals surface area contributed by atoms with Crippen LogP contribution in [0.15, 0.2) is 53.5 Å². The van der Waals surface area contributed by atoms with Gasteiger partial charge in [-0.1, -0.05) is 12.1 Å². The Morgan fingerprint density at radius 3 is 2.74 bits per heavy atom. The molecule has 2 heterocycles. The van der Waals surface area contributed by atoms with Crippen LogP contribution in [0.5, 0.6) is 0 Å². The zero-order valence-corrected chi connectivity index (χ0v) is 15.1. The number of fused-ring (bicyclic) bond motifs is 1. The summed E-state index contributed by atoms with van der Waals surface area (Å²) in [5, 5.41) is 3.42. The van der Waals surface area contributed by atoms with Gasteiger partial charge in [0.05, 0.1) is 13.2 Å². The van der Waals surface area contributed by atoms with Gasteiger partial charge in [-0.15, -0.1) is 0 Å². The van der Waals surface area contributed by atoms with E-state index in [4.69, 9.17) is 4.74 Å². The van der Waals surface area contributed by atoms with Crippen LogP contribution in [0.25, 0.3) is 11.0 Å². The first kappa shape index (κ1) is 18.7. The van der Waals surface area contributed by atoms with Crippen molar-refractivity contribution in [2.24, 2.45) is 0 Å². The Kier molecular flexibility index (Phi) is 5.61. The standard InChI is InChI=1S/C20H20FN3O3/c1-13(12-27-2)23-19(25)17-10-15-4-3-9-22-18(15)24(20(17)26)11-14-5-7-16(21)8-6-14/h3-10,13H,11-12H2,1-2H3,(H,23,25)/t13-/m0/s1. The summed E-state index contributed by atoms with van der Waals surface area (Å²) in [6.07, 6.45) is 1.59. The van der Waals surface area contributed by atoms with Crippen molar-refractivity contribution in [2.75, 3.05) is 13.7 Å². The number of halogens is 1. The van der Waals surface area contributed by atoms with Crippen molar-refractivity contribution < 1.29 is 13.9 Å². The zero-order valence-electron chi connectivity index (χ0n) is 15.1. The first-order valence-electron chi connectivity index (χ1n) is 8.52. The largest absolute Gasteiger partial charge is 0.383 e. The predicted octanol–water partition coefficient (Wildman–Crippen LogP) is 2.35. The molecule has 0 radical (unpaired) electrons. The quantitative estimate of drug-likeness (QED) is 0.724. The molecule has 1 atom stereocenters. The summed E-state index contributed by atoms with van der Waals surface area (Å²) < 4.78 is 19.6. The van der Waals surface area contributed by atoms with Gasteiger partial charge in [-0.2, -0.15) is 0 Å². The molecule has 0 aliphatic rings. The second kappa shape index (κ2) is 8.09. The lowest BCUT2D eigenvalue weighted by molar-refractivity contribution is 0.0903. The molecule has 0 unspecified atom stereocenters. The summed E-state index contributed by atoms with van der Waals surface area (Å²) in [5.74, 6) is -0.822. The SMILES string of the molecule is COC[C@H](C)NC(=O)c1cc2cccnc2n(Cc2ccc(F)cc2)c1=O. The molecule has 0 saturated heterocycles. The van der Waals surface area contributed by atoms with Gasteiger partial charge in [0.1, 0.15) is 17.0 Å². The molecule has 0 aliphatic carbocycles. The van der Waals surface area contributed by atoms with Gasteiger partial charge in [0, 0.05) is 24.7 Å². The van der Waals surface area contributed by atoms with Crippen LogP contribution in [0, 0.1) is 5.82 Å². The number of benzene rings is 1. The van der Waals surface area contributed by atoms with E-state index >= 15 is 0 Å². The molecule has 0 bridgehead atoms. The monoisotopic (exact) mass is 369 g/mol. The number of hydrogen-bond acceptors (Lipinski definition) is 4. The average Bonchev–Trinajstić information content (AvgIpc) is 2.65. The highest BCUT2D eigenvalue weighted by molar-refractivity contribution is 5.97. The molecule has 0 fully saturated rings. The minimum atomic E-state index is -0.469. The number of ether oxygens (including phenoxy) is 1. The van der Waals surface area contributed by atoms with E-state index in [0.717, 1.165) is 5.56 Å². The Morgan fingerprint density at radius 1 is 1.30 bits per heavy atom. The maximum atomic E-state index is 13.2. The third-order valence-electron chi connectivity index (χ3n) is 4.14. The first-order valence-corrected chi connectivity index (χ1v) is 8.52. The minimum absolute atomic E-state index is 0.0283. The molecular weight excluding hydrogens is 349 g/mol. The molecule has 7 heteroatoms. The minimum Gasteiger partial charge on any atom is -0.383 e. The van der Waals surface area contributed by atoms with Crippen LogP contribution in [0.3, 0.4) is 0 Å². The Bertz CT molecular complexity index is 1020. The molecule has 1 aromatic carbocycles. The Morgan fingerprint density at radius 2 is 2.04 bits per heavy atom. The molecule has 3 aromatic rings. The van der Waals surface area contributed by atoms with E-state index in [1.54, 1.807) is 50.6 Å². The highest BCUT2D eigenvalue weighted by atomic mass is 19.1. The summed E-state index contributed by atoms with van der Waals surface area (Å²) >= 11 is 0.